The van der Waals surface area contributed by atoms with Gasteiger partial charge in [-0.05, 0) is 36.6 Å². The third-order valence-corrected chi connectivity index (χ3v) is 6.33. The summed E-state index contributed by atoms with van der Waals surface area (Å²) >= 11 is 3.52. The first-order valence-electron chi connectivity index (χ1n) is 10.1. The van der Waals surface area contributed by atoms with Crippen LogP contribution in [0.5, 0.6) is 5.88 Å². The van der Waals surface area contributed by atoms with E-state index in [1.165, 1.54) is 25.7 Å². The minimum Gasteiger partial charge on any atom is -0.494 e. The van der Waals surface area contributed by atoms with Crippen molar-refractivity contribution in [2.24, 2.45) is 16.1 Å². The van der Waals surface area contributed by atoms with Gasteiger partial charge in [-0.3, -0.25) is 0 Å². The lowest BCUT2D eigenvalue weighted by Gasteiger charge is -2.08. The molecule has 1 saturated carbocycles. The monoisotopic (exact) mass is 451 g/mol. The quantitative estimate of drug-likeness (QED) is 0.364. The molecule has 5 rings (SSSR count). The highest BCUT2D eigenvalue weighted by atomic mass is 79.9. The Hall–Kier alpha value is -2.60. The summed E-state index contributed by atoms with van der Waals surface area (Å²) in [6.45, 7) is 0.606. The van der Waals surface area contributed by atoms with Gasteiger partial charge in [0.05, 0.1) is 11.3 Å². The maximum Gasteiger partial charge on any atom is 0.199 e. The van der Waals surface area contributed by atoms with Crippen molar-refractivity contribution >= 4 is 43.9 Å². The van der Waals surface area contributed by atoms with Crippen LogP contribution in [0.4, 0.5) is 5.69 Å². The number of rotatable bonds is 5. The van der Waals surface area contributed by atoms with Crippen molar-refractivity contribution < 1.29 is 9.94 Å². The number of benzene rings is 2. The molecule has 0 spiro atoms. The normalized spacial score (nSPS) is 17.8. The van der Waals surface area contributed by atoms with Crippen LogP contribution in [0, 0.1) is 5.92 Å². The molecule has 0 radical (unpaired) electrons. The Labute approximate surface area is 177 Å². The van der Waals surface area contributed by atoms with Crippen LogP contribution in [0.25, 0.3) is 10.9 Å². The molecule has 3 aromatic rings. The van der Waals surface area contributed by atoms with Gasteiger partial charge in [0.15, 0.2) is 5.88 Å². The number of H-pyrrole nitrogens is 1. The van der Waals surface area contributed by atoms with Gasteiger partial charge in [0.1, 0.15) is 18.0 Å². The molecule has 2 aromatic carbocycles. The van der Waals surface area contributed by atoms with Crippen molar-refractivity contribution in [1.82, 2.24) is 4.98 Å². The Morgan fingerprint density at radius 3 is 2.86 bits per heavy atom. The number of nitrogens with zero attached hydrogens (tertiary/aromatic N) is 2. The minimum absolute atomic E-state index is 0.0864. The van der Waals surface area contributed by atoms with Gasteiger partial charge in [0, 0.05) is 20.9 Å². The van der Waals surface area contributed by atoms with Gasteiger partial charge in [0.2, 0.25) is 0 Å². The zero-order valence-corrected chi connectivity index (χ0v) is 17.6. The van der Waals surface area contributed by atoms with E-state index in [4.69, 9.17) is 9.83 Å². The molecular formula is C23H22BrN3O2. The molecule has 1 aromatic heterocycles. The molecule has 0 bridgehead atoms. The number of para-hydroxylation sites is 1. The Balaban J connectivity index is 1.50. The Kier molecular flexibility index (Phi) is 4.87. The zero-order chi connectivity index (χ0) is 19.8. The standard InChI is InChI=1S/C23H22BrN3O2/c24-15-9-10-19-17(13-15)20(23(28)26-19)22-21(16-7-3-4-8-18(16)25-22)27-29-12-11-14-5-1-2-6-14/h3-4,7-10,13-14,26,28H,1-2,5-6,11-12H2/b27-21+. The lowest BCUT2D eigenvalue weighted by atomic mass is 10.0. The third kappa shape index (κ3) is 3.46. The van der Waals surface area contributed by atoms with Gasteiger partial charge < -0.3 is 14.9 Å². The number of fused-ring (bicyclic) bond motifs is 2. The first-order chi connectivity index (χ1) is 14.2. The van der Waals surface area contributed by atoms with Gasteiger partial charge in [-0.15, -0.1) is 0 Å². The van der Waals surface area contributed by atoms with E-state index < -0.39 is 0 Å². The fourth-order valence-electron chi connectivity index (χ4n) is 4.36. The predicted octanol–water partition coefficient (Wildman–Crippen LogP) is 6.07. The number of aromatic nitrogens is 1. The van der Waals surface area contributed by atoms with E-state index in [1.54, 1.807) is 0 Å². The summed E-state index contributed by atoms with van der Waals surface area (Å²) in [5.41, 5.74) is 4.56. The molecule has 5 nitrogen and oxygen atoms in total. The van der Waals surface area contributed by atoms with E-state index >= 15 is 0 Å². The molecule has 0 saturated heterocycles. The van der Waals surface area contributed by atoms with Crippen molar-refractivity contribution in [3.63, 3.8) is 0 Å². The maximum absolute atomic E-state index is 10.7. The van der Waals surface area contributed by atoms with E-state index in [1.807, 2.05) is 42.5 Å². The zero-order valence-electron chi connectivity index (χ0n) is 16.0. The maximum atomic E-state index is 10.7. The highest BCUT2D eigenvalue weighted by molar-refractivity contribution is 9.10. The molecule has 2 N–H and O–H groups in total. The lowest BCUT2D eigenvalue weighted by Crippen LogP contribution is -2.14. The first kappa shape index (κ1) is 18.4. The minimum atomic E-state index is 0.0864. The molecule has 1 aliphatic heterocycles. The smallest absolute Gasteiger partial charge is 0.199 e. The van der Waals surface area contributed by atoms with Crippen LogP contribution in [0.15, 0.2) is 57.1 Å². The number of aliphatic imine (C=N–C) groups is 1. The summed E-state index contributed by atoms with van der Waals surface area (Å²) in [5, 5.41) is 16.0. The summed E-state index contributed by atoms with van der Waals surface area (Å²) in [5.74, 6) is 0.845. The number of halogens is 1. The Morgan fingerprint density at radius 2 is 2.00 bits per heavy atom. The van der Waals surface area contributed by atoms with Gasteiger partial charge in [0.25, 0.3) is 0 Å². The van der Waals surface area contributed by atoms with Crippen LogP contribution < -0.4 is 0 Å². The summed E-state index contributed by atoms with van der Waals surface area (Å²) in [6, 6.07) is 13.7. The van der Waals surface area contributed by atoms with Crippen molar-refractivity contribution in [3.05, 3.63) is 58.1 Å². The molecule has 148 valence electrons. The molecule has 0 amide bonds. The highest BCUT2D eigenvalue weighted by Gasteiger charge is 2.29. The van der Waals surface area contributed by atoms with Crippen LogP contribution >= 0.6 is 15.9 Å². The number of oxime groups is 1. The average molecular weight is 452 g/mol. The number of aromatic amines is 1. The second-order valence-corrected chi connectivity index (χ2v) is 8.64. The van der Waals surface area contributed by atoms with E-state index in [-0.39, 0.29) is 5.88 Å². The second-order valence-electron chi connectivity index (χ2n) is 7.73. The summed E-state index contributed by atoms with van der Waals surface area (Å²) < 4.78 is 0.938. The fraction of sp³-hybridized carbons (Fsp3) is 0.304. The van der Waals surface area contributed by atoms with Crippen molar-refractivity contribution in [2.75, 3.05) is 6.61 Å². The van der Waals surface area contributed by atoms with Crippen molar-refractivity contribution in [2.45, 2.75) is 32.1 Å². The van der Waals surface area contributed by atoms with E-state index in [9.17, 15) is 5.11 Å². The van der Waals surface area contributed by atoms with E-state index in [0.29, 0.717) is 23.6 Å². The average Bonchev–Trinajstić information content (AvgIpc) is 3.42. The lowest BCUT2D eigenvalue weighted by molar-refractivity contribution is 0.130. The Morgan fingerprint density at radius 1 is 1.17 bits per heavy atom. The topological polar surface area (TPSA) is 70.0 Å². The Bertz CT molecular complexity index is 1130. The SMILES string of the molecule is Oc1[nH]c2ccc(Br)cc2c1C1=Nc2ccccc2/C1=N\OCCC1CCCC1. The summed E-state index contributed by atoms with van der Waals surface area (Å²) in [6.07, 6.45) is 6.30. The van der Waals surface area contributed by atoms with Crippen molar-refractivity contribution in [1.29, 1.82) is 0 Å². The van der Waals surface area contributed by atoms with Crippen LogP contribution in [0.2, 0.25) is 0 Å². The predicted molar refractivity (Wildman–Crippen MR) is 119 cm³/mol. The van der Waals surface area contributed by atoms with Gasteiger partial charge in [-0.1, -0.05) is 65.0 Å². The fourth-order valence-corrected chi connectivity index (χ4v) is 4.72. The number of nitrogens with one attached hydrogen (secondary N) is 1. The van der Waals surface area contributed by atoms with Crippen molar-refractivity contribution in [3.8, 4) is 5.88 Å². The first-order valence-corrected chi connectivity index (χ1v) is 10.9. The van der Waals surface area contributed by atoms with Gasteiger partial charge in [-0.2, -0.15) is 0 Å². The molecule has 0 unspecified atom stereocenters. The van der Waals surface area contributed by atoms with E-state index in [0.717, 1.165) is 39.0 Å². The molecule has 1 aliphatic carbocycles. The molecule has 2 heterocycles. The molecule has 6 heteroatoms. The van der Waals surface area contributed by atoms with Gasteiger partial charge in [-0.25, -0.2) is 4.99 Å². The summed E-state index contributed by atoms with van der Waals surface area (Å²) in [7, 11) is 0. The van der Waals surface area contributed by atoms with Gasteiger partial charge >= 0.3 is 0 Å². The van der Waals surface area contributed by atoms with Crippen LogP contribution in [0.1, 0.15) is 43.2 Å². The number of aromatic hydroxyl groups is 1. The van der Waals surface area contributed by atoms with Crippen LogP contribution in [0.3, 0.4) is 0 Å². The molecule has 0 atom stereocenters. The van der Waals surface area contributed by atoms with E-state index in [2.05, 4.69) is 26.1 Å². The summed E-state index contributed by atoms with van der Waals surface area (Å²) in [4.78, 5) is 13.6. The second kappa shape index (κ2) is 7.67. The molecule has 1 fully saturated rings. The molecular weight excluding hydrogens is 430 g/mol. The largest absolute Gasteiger partial charge is 0.494 e. The molecule has 2 aliphatic rings. The molecule has 29 heavy (non-hydrogen) atoms. The van der Waals surface area contributed by atoms with Crippen LogP contribution in [-0.2, 0) is 4.84 Å². The number of hydrogen-bond donors (Lipinski definition) is 2. The number of hydrogen-bond acceptors (Lipinski definition) is 4. The highest BCUT2D eigenvalue weighted by Crippen LogP contribution is 2.36. The van der Waals surface area contributed by atoms with Crippen LogP contribution in [-0.4, -0.2) is 28.1 Å². The third-order valence-electron chi connectivity index (χ3n) is 5.84.